The molecule has 0 aromatic heterocycles. The molecule has 122 valence electrons. The van der Waals surface area contributed by atoms with E-state index in [1.165, 1.54) is 25.7 Å². The number of hydrogen-bond acceptors (Lipinski definition) is 3. The van der Waals surface area contributed by atoms with Crippen molar-refractivity contribution in [1.82, 2.24) is 15.1 Å². The van der Waals surface area contributed by atoms with Crippen molar-refractivity contribution >= 4 is 11.8 Å². The molecule has 5 nitrogen and oxygen atoms in total. The van der Waals surface area contributed by atoms with Crippen molar-refractivity contribution in [2.45, 2.75) is 58.4 Å². The van der Waals surface area contributed by atoms with Crippen LogP contribution in [0.5, 0.6) is 0 Å². The molecule has 0 atom stereocenters. The van der Waals surface area contributed by atoms with Gasteiger partial charge in [-0.2, -0.15) is 0 Å². The molecule has 0 bridgehead atoms. The number of rotatable bonds is 7. The van der Waals surface area contributed by atoms with E-state index in [4.69, 9.17) is 0 Å². The maximum Gasteiger partial charge on any atom is 0.236 e. The summed E-state index contributed by atoms with van der Waals surface area (Å²) in [6.45, 7) is 5.98. The molecule has 0 aliphatic heterocycles. The molecule has 0 heterocycles. The molecule has 0 radical (unpaired) electrons. The number of carbonyl (C=O) groups excluding carboxylic acids is 2. The van der Waals surface area contributed by atoms with Gasteiger partial charge in [0.1, 0.15) is 0 Å². The fourth-order valence-electron chi connectivity index (χ4n) is 2.91. The van der Waals surface area contributed by atoms with E-state index in [-0.39, 0.29) is 11.8 Å². The highest BCUT2D eigenvalue weighted by Gasteiger charge is 2.17. The van der Waals surface area contributed by atoms with Gasteiger partial charge in [-0.05, 0) is 33.7 Å². The van der Waals surface area contributed by atoms with E-state index in [0.29, 0.717) is 19.1 Å². The first kappa shape index (κ1) is 18.0. The van der Waals surface area contributed by atoms with Gasteiger partial charge in [0.05, 0.1) is 13.1 Å². The Hall–Kier alpha value is -1.10. The van der Waals surface area contributed by atoms with Crippen LogP contribution in [0.3, 0.4) is 0 Å². The van der Waals surface area contributed by atoms with E-state index in [2.05, 4.69) is 5.32 Å². The van der Waals surface area contributed by atoms with Crippen molar-refractivity contribution in [3.8, 4) is 0 Å². The van der Waals surface area contributed by atoms with Crippen molar-refractivity contribution < 1.29 is 9.59 Å². The second-order valence-corrected chi connectivity index (χ2v) is 5.99. The molecule has 1 saturated carbocycles. The number of nitrogens with one attached hydrogen (secondary N) is 1. The van der Waals surface area contributed by atoms with Crippen LogP contribution in [0.4, 0.5) is 0 Å². The van der Waals surface area contributed by atoms with Crippen LogP contribution in [0, 0.1) is 0 Å². The van der Waals surface area contributed by atoms with Gasteiger partial charge in [-0.15, -0.1) is 0 Å². The molecule has 1 N–H and O–H groups in total. The fraction of sp³-hybridized carbons (Fsp3) is 0.875. The minimum Gasteiger partial charge on any atom is -0.352 e. The van der Waals surface area contributed by atoms with Crippen LogP contribution in [0.25, 0.3) is 0 Å². The largest absolute Gasteiger partial charge is 0.352 e. The Balaban J connectivity index is 2.30. The summed E-state index contributed by atoms with van der Waals surface area (Å²) in [5.74, 6) is 0.126. The second kappa shape index (κ2) is 9.77. The summed E-state index contributed by atoms with van der Waals surface area (Å²) in [6, 6.07) is 0.326. The maximum atomic E-state index is 12.0. The molecule has 2 amide bonds. The van der Waals surface area contributed by atoms with Gasteiger partial charge in [0, 0.05) is 19.1 Å². The van der Waals surface area contributed by atoms with Crippen LogP contribution >= 0.6 is 0 Å². The summed E-state index contributed by atoms with van der Waals surface area (Å²) in [7, 11) is 1.83. The van der Waals surface area contributed by atoms with Gasteiger partial charge in [-0.1, -0.05) is 25.7 Å². The van der Waals surface area contributed by atoms with Crippen LogP contribution in [0.2, 0.25) is 0 Å². The Labute approximate surface area is 129 Å². The first-order valence-electron chi connectivity index (χ1n) is 8.32. The highest BCUT2D eigenvalue weighted by molar-refractivity contribution is 5.81. The quantitative estimate of drug-likeness (QED) is 0.727. The van der Waals surface area contributed by atoms with Gasteiger partial charge in [0.15, 0.2) is 0 Å². The van der Waals surface area contributed by atoms with Crippen LogP contribution in [-0.4, -0.2) is 60.9 Å². The molecule has 0 spiro atoms. The van der Waals surface area contributed by atoms with E-state index in [9.17, 15) is 9.59 Å². The molecular formula is C16H31N3O2. The van der Waals surface area contributed by atoms with Crippen molar-refractivity contribution in [2.24, 2.45) is 0 Å². The highest BCUT2D eigenvalue weighted by atomic mass is 16.2. The predicted octanol–water partition coefficient (Wildman–Crippen LogP) is 1.63. The zero-order valence-corrected chi connectivity index (χ0v) is 13.9. The van der Waals surface area contributed by atoms with Crippen LogP contribution in [0.15, 0.2) is 0 Å². The highest BCUT2D eigenvalue weighted by Crippen LogP contribution is 2.17. The van der Waals surface area contributed by atoms with Crippen molar-refractivity contribution in [3.05, 3.63) is 0 Å². The first-order chi connectivity index (χ1) is 10.1. The third-order valence-corrected chi connectivity index (χ3v) is 4.16. The Bertz CT molecular complexity index is 321. The van der Waals surface area contributed by atoms with Crippen molar-refractivity contribution in [2.75, 3.05) is 33.2 Å². The topological polar surface area (TPSA) is 52.7 Å². The molecule has 5 heteroatoms. The van der Waals surface area contributed by atoms with Crippen molar-refractivity contribution in [1.29, 1.82) is 0 Å². The van der Waals surface area contributed by atoms with Gasteiger partial charge in [0.25, 0.3) is 0 Å². The zero-order chi connectivity index (χ0) is 15.7. The first-order valence-corrected chi connectivity index (χ1v) is 8.32. The molecule has 1 aliphatic carbocycles. The van der Waals surface area contributed by atoms with E-state index in [0.717, 1.165) is 25.9 Å². The zero-order valence-electron chi connectivity index (χ0n) is 13.9. The lowest BCUT2D eigenvalue weighted by Gasteiger charge is -2.23. The number of likely N-dealkylation sites (N-methyl/N-ethyl adjacent to an activating group) is 2. The monoisotopic (exact) mass is 297 g/mol. The molecule has 1 aliphatic rings. The van der Waals surface area contributed by atoms with Crippen LogP contribution in [-0.2, 0) is 9.59 Å². The summed E-state index contributed by atoms with van der Waals surface area (Å²) >= 11 is 0. The number of hydrogen-bond donors (Lipinski definition) is 1. The Kier molecular flexibility index (Phi) is 8.35. The lowest BCUT2D eigenvalue weighted by Crippen LogP contribution is -2.44. The predicted molar refractivity (Wildman–Crippen MR) is 85.1 cm³/mol. The minimum absolute atomic E-state index is 0.0387. The Morgan fingerprint density at radius 1 is 1.00 bits per heavy atom. The summed E-state index contributed by atoms with van der Waals surface area (Å²) in [6.07, 6.45) is 7.17. The van der Waals surface area contributed by atoms with E-state index in [1.54, 1.807) is 9.80 Å². The maximum absolute atomic E-state index is 12.0. The fourth-order valence-corrected chi connectivity index (χ4v) is 2.91. The third-order valence-electron chi connectivity index (χ3n) is 4.16. The molecular weight excluding hydrogens is 266 g/mol. The average Bonchev–Trinajstić information content (AvgIpc) is 2.68. The summed E-state index contributed by atoms with van der Waals surface area (Å²) < 4.78 is 0. The van der Waals surface area contributed by atoms with Gasteiger partial charge in [-0.25, -0.2) is 0 Å². The number of carbonyl (C=O) groups is 2. The molecule has 0 aromatic carbocycles. The van der Waals surface area contributed by atoms with E-state index in [1.807, 2.05) is 20.9 Å². The van der Waals surface area contributed by atoms with Crippen LogP contribution in [0.1, 0.15) is 52.4 Å². The summed E-state index contributed by atoms with van der Waals surface area (Å²) in [5.41, 5.74) is 0. The molecule has 0 unspecified atom stereocenters. The SMILES string of the molecule is CCN(CC)C(=O)CN(C)CC(=O)NC1CCCCCC1. The standard InChI is InChI=1S/C16H31N3O2/c1-4-19(5-2)16(21)13-18(3)12-15(20)17-14-10-8-6-7-9-11-14/h14H,4-13H2,1-3H3,(H,17,20). The molecule has 0 saturated heterocycles. The molecule has 0 aromatic rings. The van der Waals surface area contributed by atoms with Gasteiger partial charge in [-0.3, -0.25) is 14.5 Å². The number of amides is 2. The normalized spacial score (nSPS) is 16.6. The molecule has 1 rings (SSSR count). The summed E-state index contributed by atoms with van der Waals surface area (Å²) in [4.78, 5) is 27.6. The summed E-state index contributed by atoms with van der Waals surface area (Å²) in [5, 5.41) is 3.11. The average molecular weight is 297 g/mol. The lowest BCUT2D eigenvalue weighted by molar-refractivity contribution is -0.132. The smallest absolute Gasteiger partial charge is 0.236 e. The third kappa shape index (κ3) is 6.93. The number of nitrogens with zero attached hydrogens (tertiary/aromatic N) is 2. The van der Waals surface area contributed by atoms with Gasteiger partial charge in [0.2, 0.25) is 11.8 Å². The Morgan fingerprint density at radius 2 is 1.57 bits per heavy atom. The van der Waals surface area contributed by atoms with Gasteiger partial charge >= 0.3 is 0 Å². The minimum atomic E-state index is 0.0387. The van der Waals surface area contributed by atoms with Crippen LogP contribution < -0.4 is 5.32 Å². The van der Waals surface area contributed by atoms with Gasteiger partial charge < -0.3 is 10.2 Å². The van der Waals surface area contributed by atoms with E-state index >= 15 is 0 Å². The van der Waals surface area contributed by atoms with Crippen molar-refractivity contribution in [3.63, 3.8) is 0 Å². The molecule has 21 heavy (non-hydrogen) atoms. The Morgan fingerprint density at radius 3 is 2.10 bits per heavy atom. The second-order valence-electron chi connectivity index (χ2n) is 5.99. The lowest BCUT2D eigenvalue weighted by atomic mass is 10.1. The van der Waals surface area contributed by atoms with E-state index < -0.39 is 0 Å². The molecule has 1 fully saturated rings.